The highest BCUT2D eigenvalue weighted by molar-refractivity contribution is 7.15. The fourth-order valence-electron chi connectivity index (χ4n) is 2.25. The molecule has 2 aromatic rings. The molecule has 18 heavy (non-hydrogen) atoms. The van der Waals surface area contributed by atoms with Crippen molar-refractivity contribution in [2.24, 2.45) is 0 Å². The van der Waals surface area contributed by atoms with Gasteiger partial charge in [-0.3, -0.25) is 0 Å². The highest BCUT2D eigenvalue weighted by atomic mass is 32.1. The van der Waals surface area contributed by atoms with Crippen LogP contribution in [0.25, 0.3) is 10.4 Å². The average molecular weight is 260 g/mol. The Balaban J connectivity index is 1.90. The van der Waals surface area contributed by atoms with Gasteiger partial charge >= 0.3 is 0 Å². The summed E-state index contributed by atoms with van der Waals surface area (Å²) in [6, 6.07) is 6.43. The summed E-state index contributed by atoms with van der Waals surface area (Å²) in [4.78, 5) is 5.64. The number of ether oxygens (including phenoxy) is 1. The number of thiazole rings is 1. The molecule has 0 aliphatic carbocycles. The number of hydrogen-bond donors (Lipinski definition) is 1. The summed E-state index contributed by atoms with van der Waals surface area (Å²) in [5.41, 5.74) is 2.55. The van der Waals surface area contributed by atoms with Crippen LogP contribution in [0.2, 0.25) is 0 Å². The van der Waals surface area contributed by atoms with E-state index in [1.165, 1.54) is 16.0 Å². The normalized spacial score (nSPS) is 17.6. The number of nitrogens with zero attached hydrogens (tertiary/aromatic N) is 1. The lowest BCUT2D eigenvalue weighted by molar-refractivity contribution is 0.254. The summed E-state index contributed by atoms with van der Waals surface area (Å²) in [5, 5.41) is 4.25. The average Bonchev–Trinajstić information content (AvgIpc) is 2.93. The molecule has 3 rings (SSSR count). The van der Waals surface area contributed by atoms with Crippen molar-refractivity contribution in [2.75, 3.05) is 7.05 Å². The number of hydrogen-bond acceptors (Lipinski definition) is 4. The molecule has 0 spiro atoms. The molecule has 1 aliphatic rings. The van der Waals surface area contributed by atoms with Gasteiger partial charge in [-0.05, 0) is 43.3 Å². The minimum absolute atomic E-state index is 0.302. The van der Waals surface area contributed by atoms with Crippen LogP contribution in [-0.4, -0.2) is 18.1 Å². The van der Waals surface area contributed by atoms with Crippen LogP contribution in [0.3, 0.4) is 0 Å². The SMILES string of the molecule is CNCc1ncc(-c2ccc3c(c2)CC(C)O3)s1. The number of nitrogens with one attached hydrogen (secondary N) is 1. The van der Waals surface area contributed by atoms with E-state index in [2.05, 4.69) is 35.4 Å². The van der Waals surface area contributed by atoms with E-state index in [1.54, 1.807) is 11.3 Å². The van der Waals surface area contributed by atoms with Gasteiger partial charge in [0.15, 0.2) is 0 Å². The van der Waals surface area contributed by atoms with Gasteiger partial charge in [0, 0.05) is 19.2 Å². The Morgan fingerprint density at radius 2 is 2.39 bits per heavy atom. The van der Waals surface area contributed by atoms with E-state index in [0.717, 1.165) is 23.7 Å². The van der Waals surface area contributed by atoms with Crippen LogP contribution < -0.4 is 10.1 Å². The van der Waals surface area contributed by atoms with Gasteiger partial charge < -0.3 is 10.1 Å². The minimum atomic E-state index is 0.302. The van der Waals surface area contributed by atoms with E-state index < -0.39 is 0 Å². The predicted octanol–water partition coefficient (Wildman–Crippen LogP) is 2.85. The van der Waals surface area contributed by atoms with Crippen molar-refractivity contribution >= 4 is 11.3 Å². The zero-order valence-corrected chi connectivity index (χ0v) is 11.4. The minimum Gasteiger partial charge on any atom is -0.490 e. The van der Waals surface area contributed by atoms with Crippen molar-refractivity contribution in [3.8, 4) is 16.2 Å². The Morgan fingerprint density at radius 3 is 3.22 bits per heavy atom. The Kier molecular flexibility index (Phi) is 3.06. The van der Waals surface area contributed by atoms with Gasteiger partial charge in [0.1, 0.15) is 16.9 Å². The van der Waals surface area contributed by atoms with Crippen LogP contribution in [0.1, 0.15) is 17.5 Å². The van der Waals surface area contributed by atoms with Crippen LogP contribution in [0.5, 0.6) is 5.75 Å². The van der Waals surface area contributed by atoms with Crippen LogP contribution in [0, 0.1) is 0 Å². The summed E-state index contributed by atoms with van der Waals surface area (Å²) in [6.07, 6.45) is 3.26. The van der Waals surface area contributed by atoms with Crippen molar-refractivity contribution in [3.05, 3.63) is 35.0 Å². The van der Waals surface area contributed by atoms with Crippen molar-refractivity contribution in [2.45, 2.75) is 26.0 Å². The Hall–Kier alpha value is -1.39. The van der Waals surface area contributed by atoms with Crippen LogP contribution in [0.15, 0.2) is 24.4 Å². The summed E-state index contributed by atoms with van der Waals surface area (Å²) in [5.74, 6) is 1.03. The molecule has 0 radical (unpaired) electrons. The van der Waals surface area contributed by atoms with Crippen molar-refractivity contribution in [1.29, 1.82) is 0 Å². The van der Waals surface area contributed by atoms with E-state index >= 15 is 0 Å². The predicted molar refractivity (Wildman–Crippen MR) is 74.1 cm³/mol. The number of fused-ring (bicyclic) bond motifs is 1. The van der Waals surface area contributed by atoms with E-state index in [4.69, 9.17) is 4.74 Å². The quantitative estimate of drug-likeness (QED) is 0.921. The number of aromatic nitrogens is 1. The third kappa shape index (κ3) is 2.13. The summed E-state index contributed by atoms with van der Waals surface area (Å²) >= 11 is 1.74. The molecular weight excluding hydrogens is 244 g/mol. The molecule has 1 N–H and O–H groups in total. The lowest BCUT2D eigenvalue weighted by Crippen LogP contribution is -2.05. The number of rotatable bonds is 3. The first kappa shape index (κ1) is 11.7. The van der Waals surface area contributed by atoms with Gasteiger partial charge in [-0.15, -0.1) is 11.3 Å². The van der Waals surface area contributed by atoms with Crippen LogP contribution in [-0.2, 0) is 13.0 Å². The molecule has 2 heterocycles. The molecule has 1 atom stereocenters. The Labute approximate surface area is 111 Å². The van der Waals surface area contributed by atoms with E-state index in [9.17, 15) is 0 Å². The molecule has 1 aromatic carbocycles. The number of benzene rings is 1. The topological polar surface area (TPSA) is 34.2 Å². The highest BCUT2D eigenvalue weighted by Gasteiger charge is 2.19. The lowest BCUT2D eigenvalue weighted by Gasteiger charge is -2.02. The Bertz CT molecular complexity index is 565. The smallest absolute Gasteiger partial charge is 0.123 e. The van der Waals surface area contributed by atoms with Gasteiger partial charge in [-0.1, -0.05) is 0 Å². The van der Waals surface area contributed by atoms with Crippen molar-refractivity contribution < 1.29 is 4.74 Å². The monoisotopic (exact) mass is 260 g/mol. The molecule has 94 valence electrons. The summed E-state index contributed by atoms with van der Waals surface area (Å²) in [6.45, 7) is 2.94. The van der Waals surface area contributed by atoms with Gasteiger partial charge in [0.25, 0.3) is 0 Å². The largest absolute Gasteiger partial charge is 0.490 e. The molecule has 0 saturated heterocycles. The molecule has 1 aliphatic heterocycles. The fraction of sp³-hybridized carbons (Fsp3) is 0.357. The third-order valence-corrected chi connectivity index (χ3v) is 4.11. The first-order chi connectivity index (χ1) is 8.76. The van der Waals surface area contributed by atoms with Crippen LogP contribution in [0.4, 0.5) is 0 Å². The maximum Gasteiger partial charge on any atom is 0.123 e. The Morgan fingerprint density at radius 1 is 1.50 bits per heavy atom. The molecule has 0 bridgehead atoms. The zero-order valence-electron chi connectivity index (χ0n) is 10.6. The van der Waals surface area contributed by atoms with Crippen molar-refractivity contribution in [3.63, 3.8) is 0 Å². The second-order valence-electron chi connectivity index (χ2n) is 4.60. The van der Waals surface area contributed by atoms with E-state index in [-0.39, 0.29) is 0 Å². The standard InChI is InChI=1S/C14H16N2OS/c1-9-5-11-6-10(3-4-12(11)17-9)13-7-16-14(18-13)8-15-2/h3-4,6-7,9,15H,5,8H2,1-2H3. The molecule has 0 fully saturated rings. The van der Waals surface area contributed by atoms with Gasteiger partial charge in [-0.25, -0.2) is 4.98 Å². The molecule has 3 nitrogen and oxygen atoms in total. The van der Waals surface area contributed by atoms with E-state index in [1.807, 2.05) is 13.2 Å². The molecule has 1 aromatic heterocycles. The third-order valence-electron chi connectivity index (χ3n) is 3.06. The summed E-state index contributed by atoms with van der Waals surface area (Å²) in [7, 11) is 1.94. The van der Waals surface area contributed by atoms with Gasteiger partial charge in [0.05, 0.1) is 4.88 Å². The molecule has 4 heteroatoms. The zero-order chi connectivity index (χ0) is 12.5. The highest BCUT2D eigenvalue weighted by Crippen LogP contribution is 2.34. The summed E-state index contributed by atoms with van der Waals surface area (Å²) < 4.78 is 5.72. The maximum absolute atomic E-state index is 5.72. The fourth-order valence-corrected chi connectivity index (χ4v) is 3.18. The van der Waals surface area contributed by atoms with Crippen molar-refractivity contribution in [1.82, 2.24) is 10.3 Å². The maximum atomic E-state index is 5.72. The molecular formula is C14H16N2OS. The molecule has 1 unspecified atom stereocenters. The van der Waals surface area contributed by atoms with Crippen LogP contribution >= 0.6 is 11.3 Å². The molecule has 0 saturated carbocycles. The first-order valence-electron chi connectivity index (χ1n) is 6.15. The molecule has 0 amide bonds. The van der Waals surface area contributed by atoms with Gasteiger partial charge in [-0.2, -0.15) is 0 Å². The lowest BCUT2D eigenvalue weighted by atomic mass is 10.1. The van der Waals surface area contributed by atoms with Gasteiger partial charge in [0.2, 0.25) is 0 Å². The second-order valence-corrected chi connectivity index (χ2v) is 5.72. The second kappa shape index (κ2) is 4.71. The van der Waals surface area contributed by atoms with E-state index in [0.29, 0.717) is 6.10 Å². The first-order valence-corrected chi connectivity index (χ1v) is 6.97.